The quantitative estimate of drug-likeness (QED) is 0.593. The molecule has 0 saturated heterocycles. The number of carboxylic acid groups (broad SMARTS) is 1. The number of ether oxygens (including phenoxy) is 1. The molecule has 9 heteroatoms. The van der Waals surface area contributed by atoms with E-state index in [2.05, 4.69) is 20.5 Å². The Bertz CT molecular complexity index is 1020. The molecule has 2 atom stereocenters. The fourth-order valence-corrected chi connectivity index (χ4v) is 3.64. The van der Waals surface area contributed by atoms with Crippen LogP contribution < -0.4 is 0 Å². The highest BCUT2D eigenvalue weighted by Crippen LogP contribution is 2.39. The summed E-state index contributed by atoms with van der Waals surface area (Å²) in [6.45, 7) is 0.237. The lowest BCUT2D eigenvalue weighted by Crippen LogP contribution is -2.11. The van der Waals surface area contributed by atoms with Crippen molar-refractivity contribution in [1.82, 2.24) is 25.2 Å². The topological polar surface area (TPSA) is 120 Å². The number of aromatic nitrogens is 5. The first-order valence-corrected chi connectivity index (χ1v) is 9.75. The third-order valence-electron chi connectivity index (χ3n) is 5.24. The van der Waals surface area contributed by atoms with E-state index in [4.69, 9.17) is 9.84 Å². The van der Waals surface area contributed by atoms with Crippen molar-refractivity contribution < 1.29 is 19.4 Å². The van der Waals surface area contributed by atoms with Crippen molar-refractivity contribution in [2.24, 2.45) is 0 Å². The zero-order valence-corrected chi connectivity index (χ0v) is 16.2. The third kappa shape index (κ3) is 4.68. The Morgan fingerprint density at radius 1 is 1.07 bits per heavy atom. The molecule has 0 radical (unpaired) electrons. The van der Waals surface area contributed by atoms with Crippen LogP contribution in [0, 0.1) is 0 Å². The van der Waals surface area contributed by atoms with Gasteiger partial charge in [-0.2, -0.15) is 10.2 Å². The third-order valence-corrected chi connectivity index (χ3v) is 5.24. The largest absolute Gasteiger partial charge is 0.476 e. The van der Waals surface area contributed by atoms with E-state index in [-0.39, 0.29) is 36.7 Å². The molecule has 1 saturated carbocycles. The fourth-order valence-electron chi connectivity index (χ4n) is 3.64. The minimum absolute atomic E-state index is 0.0539. The maximum atomic E-state index is 12.0. The fraction of sp³-hybridized carbons (Fsp3) is 0.333. The lowest BCUT2D eigenvalue weighted by molar-refractivity contribution is -0.144. The lowest BCUT2D eigenvalue weighted by Gasteiger charge is -2.11. The van der Waals surface area contributed by atoms with Crippen LogP contribution >= 0.6 is 0 Å². The first-order chi connectivity index (χ1) is 14.6. The standard InChI is InChI=1S/C21H21N5O4/c27-20(30-13-14-4-2-1-3-5-14)11-16-7-9-18(23-22-16)15-6-8-17(10-15)26-12-19(21(28)29)24-25-26/h1-5,7,9,12,15,17H,6,8,10-11,13H2,(H,28,29). The maximum Gasteiger partial charge on any atom is 0.358 e. The minimum atomic E-state index is -1.08. The summed E-state index contributed by atoms with van der Waals surface area (Å²) in [6.07, 6.45) is 4.09. The SMILES string of the molecule is O=C(Cc1ccc(C2CCC(n3cc(C(=O)O)nn3)C2)nn1)OCc1ccccc1. The first kappa shape index (κ1) is 19.7. The number of aromatic carboxylic acids is 1. The van der Waals surface area contributed by atoms with Crippen molar-refractivity contribution in [2.45, 2.75) is 44.2 Å². The van der Waals surface area contributed by atoms with Crippen molar-refractivity contribution in [3.05, 3.63) is 71.3 Å². The maximum absolute atomic E-state index is 12.0. The van der Waals surface area contributed by atoms with Gasteiger partial charge < -0.3 is 9.84 Å². The number of carboxylic acids is 1. The second-order valence-corrected chi connectivity index (χ2v) is 7.33. The van der Waals surface area contributed by atoms with E-state index < -0.39 is 5.97 Å². The van der Waals surface area contributed by atoms with Crippen molar-refractivity contribution in [3.63, 3.8) is 0 Å². The van der Waals surface area contributed by atoms with Gasteiger partial charge in [-0.25, -0.2) is 9.48 Å². The van der Waals surface area contributed by atoms with E-state index in [1.54, 1.807) is 10.7 Å². The number of hydrogen-bond acceptors (Lipinski definition) is 7. The normalized spacial score (nSPS) is 18.3. The van der Waals surface area contributed by atoms with E-state index in [1.807, 2.05) is 36.4 Å². The Balaban J connectivity index is 1.30. The Morgan fingerprint density at radius 3 is 2.60 bits per heavy atom. The predicted molar refractivity (Wildman–Crippen MR) is 105 cm³/mol. The predicted octanol–water partition coefficient (Wildman–Crippen LogP) is 2.56. The number of carbonyl (C=O) groups is 2. The highest BCUT2D eigenvalue weighted by atomic mass is 16.5. The Kier molecular flexibility index (Phi) is 5.78. The molecule has 9 nitrogen and oxygen atoms in total. The summed E-state index contributed by atoms with van der Waals surface area (Å²) in [4.78, 5) is 23.0. The zero-order valence-electron chi connectivity index (χ0n) is 16.2. The molecule has 2 aromatic heterocycles. The van der Waals surface area contributed by atoms with E-state index in [0.29, 0.717) is 5.69 Å². The Hall–Kier alpha value is -3.62. The highest BCUT2D eigenvalue weighted by molar-refractivity contribution is 5.84. The number of carbonyl (C=O) groups excluding carboxylic acids is 1. The number of benzene rings is 1. The molecule has 1 aromatic carbocycles. The molecule has 4 rings (SSSR count). The molecule has 154 valence electrons. The molecule has 1 fully saturated rings. The van der Waals surface area contributed by atoms with Crippen LogP contribution in [0.1, 0.15) is 58.7 Å². The molecule has 0 bridgehead atoms. The molecular weight excluding hydrogens is 386 g/mol. The van der Waals surface area contributed by atoms with Crippen molar-refractivity contribution >= 4 is 11.9 Å². The summed E-state index contributed by atoms with van der Waals surface area (Å²) in [5.41, 5.74) is 2.30. The van der Waals surface area contributed by atoms with Gasteiger partial charge in [0.2, 0.25) is 0 Å². The molecule has 2 unspecified atom stereocenters. The summed E-state index contributed by atoms with van der Waals surface area (Å²) < 4.78 is 6.90. The molecule has 0 aliphatic heterocycles. The van der Waals surface area contributed by atoms with Crippen LogP contribution in [-0.2, 0) is 22.6 Å². The molecule has 1 aliphatic carbocycles. The minimum Gasteiger partial charge on any atom is -0.476 e. The van der Waals surface area contributed by atoms with E-state index in [0.717, 1.165) is 30.5 Å². The molecule has 3 aromatic rings. The average molecular weight is 407 g/mol. The van der Waals surface area contributed by atoms with Crippen LogP contribution in [0.5, 0.6) is 0 Å². The number of esters is 1. The summed E-state index contributed by atoms with van der Waals surface area (Å²) in [5.74, 6) is -1.22. The van der Waals surface area contributed by atoms with Crippen LogP contribution in [0.2, 0.25) is 0 Å². The van der Waals surface area contributed by atoms with E-state index in [1.165, 1.54) is 6.20 Å². The van der Waals surface area contributed by atoms with Gasteiger partial charge in [0.05, 0.1) is 30.0 Å². The monoisotopic (exact) mass is 407 g/mol. The number of rotatable bonds is 7. The second kappa shape index (κ2) is 8.81. The molecule has 1 aliphatic rings. The van der Waals surface area contributed by atoms with Gasteiger partial charge in [-0.15, -0.1) is 5.10 Å². The lowest BCUT2D eigenvalue weighted by atomic mass is 10.0. The smallest absolute Gasteiger partial charge is 0.358 e. The van der Waals surface area contributed by atoms with E-state index >= 15 is 0 Å². The van der Waals surface area contributed by atoms with Gasteiger partial charge in [0, 0.05) is 5.92 Å². The highest BCUT2D eigenvalue weighted by Gasteiger charge is 2.29. The van der Waals surface area contributed by atoms with Gasteiger partial charge in [-0.05, 0) is 37.0 Å². The van der Waals surface area contributed by atoms with Gasteiger partial charge in [0.1, 0.15) is 6.61 Å². The van der Waals surface area contributed by atoms with Crippen molar-refractivity contribution in [1.29, 1.82) is 0 Å². The Labute approximate surface area is 172 Å². The Morgan fingerprint density at radius 2 is 1.90 bits per heavy atom. The van der Waals surface area contributed by atoms with Gasteiger partial charge in [-0.3, -0.25) is 4.79 Å². The summed E-state index contributed by atoms with van der Waals surface area (Å²) in [6, 6.07) is 13.3. The molecule has 0 spiro atoms. The van der Waals surface area contributed by atoms with Crippen LogP contribution in [0.4, 0.5) is 0 Å². The number of hydrogen-bond donors (Lipinski definition) is 1. The van der Waals surface area contributed by atoms with Crippen molar-refractivity contribution in [3.8, 4) is 0 Å². The second-order valence-electron chi connectivity index (χ2n) is 7.33. The molecule has 0 amide bonds. The van der Waals surface area contributed by atoms with Gasteiger partial charge in [0.15, 0.2) is 5.69 Å². The summed E-state index contributed by atoms with van der Waals surface area (Å²) >= 11 is 0. The molecule has 2 heterocycles. The van der Waals surface area contributed by atoms with Crippen LogP contribution in [0.25, 0.3) is 0 Å². The number of nitrogens with zero attached hydrogens (tertiary/aromatic N) is 5. The molecule has 30 heavy (non-hydrogen) atoms. The van der Waals surface area contributed by atoms with Crippen LogP contribution in [0.15, 0.2) is 48.7 Å². The summed E-state index contributed by atoms with van der Waals surface area (Å²) in [5, 5.41) is 25.1. The van der Waals surface area contributed by atoms with Gasteiger partial charge >= 0.3 is 11.9 Å². The van der Waals surface area contributed by atoms with Crippen LogP contribution in [0.3, 0.4) is 0 Å². The molecular formula is C21H21N5O4. The van der Waals surface area contributed by atoms with Crippen molar-refractivity contribution in [2.75, 3.05) is 0 Å². The zero-order chi connectivity index (χ0) is 20.9. The van der Waals surface area contributed by atoms with E-state index in [9.17, 15) is 9.59 Å². The van der Waals surface area contributed by atoms with Gasteiger partial charge in [0.25, 0.3) is 0 Å². The van der Waals surface area contributed by atoms with Gasteiger partial charge in [-0.1, -0.05) is 35.5 Å². The van der Waals surface area contributed by atoms with Crippen LogP contribution in [-0.4, -0.2) is 42.2 Å². The molecule has 1 N–H and O–H groups in total. The average Bonchev–Trinajstić information content (AvgIpc) is 3.43. The summed E-state index contributed by atoms with van der Waals surface area (Å²) in [7, 11) is 0. The first-order valence-electron chi connectivity index (χ1n) is 9.75.